The summed E-state index contributed by atoms with van der Waals surface area (Å²) in [6, 6.07) is 1.77. The van der Waals surface area contributed by atoms with Crippen LogP contribution in [-0.2, 0) is 0 Å². The molecule has 1 aliphatic heterocycles. The zero-order chi connectivity index (χ0) is 17.0. The smallest absolute Gasteiger partial charge is 0.257 e. The van der Waals surface area contributed by atoms with Crippen molar-refractivity contribution in [2.75, 3.05) is 39.8 Å². The highest BCUT2D eigenvalue weighted by Gasteiger charge is 2.21. The first-order chi connectivity index (χ1) is 10.9. The summed E-state index contributed by atoms with van der Waals surface area (Å²) in [6.07, 6.45) is 2.32. The molecule has 0 unspecified atom stereocenters. The van der Waals surface area contributed by atoms with Crippen LogP contribution in [0.2, 0.25) is 0 Å². The lowest BCUT2D eigenvalue weighted by Crippen LogP contribution is -2.40. The SMILES string of the molecule is Cc1cc(C(=O)N(C)CC2=CCCN(C[C@@H](O)CO)C2)c(C)o1. The van der Waals surface area contributed by atoms with Gasteiger partial charge in [0.15, 0.2) is 0 Å². The number of β-amino-alcohol motifs (C(OH)–C–C–N with tert-alkyl or cyclic N) is 1. The van der Waals surface area contributed by atoms with Crippen LogP contribution in [0.1, 0.15) is 28.3 Å². The predicted molar refractivity (Wildman–Crippen MR) is 87.4 cm³/mol. The molecule has 128 valence electrons. The molecule has 23 heavy (non-hydrogen) atoms. The van der Waals surface area contributed by atoms with E-state index >= 15 is 0 Å². The highest BCUT2D eigenvalue weighted by molar-refractivity contribution is 5.95. The Bertz CT molecular complexity index is 579. The second-order valence-corrected chi connectivity index (χ2v) is 6.21. The number of furan rings is 1. The van der Waals surface area contributed by atoms with Crippen molar-refractivity contribution in [2.45, 2.75) is 26.4 Å². The fourth-order valence-electron chi connectivity index (χ4n) is 2.93. The summed E-state index contributed by atoms with van der Waals surface area (Å²) < 4.78 is 5.43. The van der Waals surface area contributed by atoms with Gasteiger partial charge in [0.05, 0.1) is 18.3 Å². The van der Waals surface area contributed by atoms with Crippen molar-refractivity contribution in [3.63, 3.8) is 0 Å². The van der Waals surface area contributed by atoms with Gasteiger partial charge in [-0.1, -0.05) is 6.08 Å². The van der Waals surface area contributed by atoms with Gasteiger partial charge in [0, 0.05) is 33.2 Å². The minimum atomic E-state index is -0.717. The number of carbonyl (C=O) groups excluding carboxylic acids is 1. The van der Waals surface area contributed by atoms with Gasteiger partial charge in [0.25, 0.3) is 5.91 Å². The van der Waals surface area contributed by atoms with Gasteiger partial charge in [-0.3, -0.25) is 9.69 Å². The van der Waals surface area contributed by atoms with Gasteiger partial charge in [-0.25, -0.2) is 0 Å². The average Bonchev–Trinajstić information content (AvgIpc) is 2.85. The van der Waals surface area contributed by atoms with Crippen LogP contribution >= 0.6 is 0 Å². The largest absolute Gasteiger partial charge is 0.466 e. The molecule has 0 fully saturated rings. The molecule has 6 heteroatoms. The first-order valence-electron chi connectivity index (χ1n) is 7.92. The Morgan fingerprint density at radius 3 is 2.83 bits per heavy atom. The molecule has 0 saturated carbocycles. The second kappa shape index (κ2) is 7.77. The molecule has 0 aromatic carbocycles. The maximum atomic E-state index is 12.5. The molecule has 1 atom stereocenters. The van der Waals surface area contributed by atoms with E-state index in [1.807, 2.05) is 6.92 Å². The van der Waals surface area contributed by atoms with E-state index in [0.717, 1.165) is 24.3 Å². The number of hydrogen-bond donors (Lipinski definition) is 2. The number of rotatable bonds is 6. The van der Waals surface area contributed by atoms with E-state index in [4.69, 9.17) is 9.52 Å². The molecular weight excluding hydrogens is 296 g/mol. The third kappa shape index (κ3) is 4.67. The Labute approximate surface area is 137 Å². The van der Waals surface area contributed by atoms with Crippen molar-refractivity contribution in [3.05, 3.63) is 34.8 Å². The van der Waals surface area contributed by atoms with E-state index in [-0.39, 0.29) is 12.5 Å². The standard InChI is InChI=1S/C17H26N2O4/c1-12-7-16(13(2)23-12)17(22)18(3)8-14-5-4-6-19(9-14)10-15(21)11-20/h5,7,15,20-21H,4,6,8-11H2,1-3H3/t15-/m1/s1. The van der Waals surface area contributed by atoms with Gasteiger partial charge < -0.3 is 19.5 Å². The Morgan fingerprint density at radius 1 is 1.48 bits per heavy atom. The monoisotopic (exact) mass is 322 g/mol. The van der Waals surface area contributed by atoms with E-state index in [1.54, 1.807) is 24.9 Å². The van der Waals surface area contributed by atoms with E-state index in [0.29, 0.717) is 31.0 Å². The van der Waals surface area contributed by atoms with Gasteiger partial charge in [-0.2, -0.15) is 0 Å². The number of nitrogens with zero attached hydrogens (tertiary/aromatic N) is 2. The predicted octanol–water partition coefficient (Wildman–Crippen LogP) is 0.954. The first-order valence-corrected chi connectivity index (χ1v) is 7.92. The van der Waals surface area contributed by atoms with Gasteiger partial charge in [0.2, 0.25) is 0 Å². The number of aryl methyl sites for hydroxylation is 2. The molecule has 1 aromatic heterocycles. The van der Waals surface area contributed by atoms with Crippen molar-refractivity contribution >= 4 is 5.91 Å². The fourth-order valence-corrected chi connectivity index (χ4v) is 2.93. The molecule has 2 heterocycles. The maximum absolute atomic E-state index is 12.5. The van der Waals surface area contributed by atoms with Gasteiger partial charge >= 0.3 is 0 Å². The number of carbonyl (C=O) groups is 1. The molecule has 0 radical (unpaired) electrons. The summed E-state index contributed by atoms with van der Waals surface area (Å²) in [5.41, 5.74) is 1.75. The topological polar surface area (TPSA) is 77.2 Å². The molecule has 6 nitrogen and oxygen atoms in total. The summed E-state index contributed by atoms with van der Waals surface area (Å²) in [4.78, 5) is 16.3. The van der Waals surface area contributed by atoms with Gasteiger partial charge in [-0.05, 0) is 31.9 Å². The molecule has 0 bridgehead atoms. The van der Waals surface area contributed by atoms with Crippen molar-refractivity contribution < 1.29 is 19.4 Å². The van der Waals surface area contributed by atoms with Crippen molar-refractivity contribution in [2.24, 2.45) is 0 Å². The molecule has 0 saturated heterocycles. The summed E-state index contributed by atoms with van der Waals surface area (Å²) in [7, 11) is 1.78. The van der Waals surface area contributed by atoms with Crippen molar-refractivity contribution in [1.29, 1.82) is 0 Å². The molecule has 2 N–H and O–H groups in total. The number of likely N-dealkylation sites (N-methyl/N-ethyl adjacent to an activating group) is 1. The third-order valence-electron chi connectivity index (χ3n) is 4.04. The Hall–Kier alpha value is -1.63. The normalized spacial score (nSPS) is 17.0. The minimum Gasteiger partial charge on any atom is -0.466 e. The molecule has 0 aliphatic carbocycles. The summed E-state index contributed by atoms with van der Waals surface area (Å²) in [5, 5.41) is 18.5. The van der Waals surface area contributed by atoms with E-state index in [9.17, 15) is 9.90 Å². The molecule has 2 rings (SSSR count). The van der Waals surface area contributed by atoms with E-state index < -0.39 is 6.10 Å². The van der Waals surface area contributed by atoms with Crippen LogP contribution in [-0.4, -0.2) is 71.9 Å². The molecule has 1 aliphatic rings. The van der Waals surface area contributed by atoms with Crippen molar-refractivity contribution in [3.8, 4) is 0 Å². The van der Waals surface area contributed by atoms with Crippen LogP contribution < -0.4 is 0 Å². The minimum absolute atomic E-state index is 0.0484. The van der Waals surface area contributed by atoms with Crippen LogP contribution in [0.25, 0.3) is 0 Å². The second-order valence-electron chi connectivity index (χ2n) is 6.21. The molecule has 1 aromatic rings. The van der Waals surface area contributed by atoms with Crippen LogP contribution in [0.3, 0.4) is 0 Å². The number of aliphatic hydroxyl groups is 2. The quantitative estimate of drug-likeness (QED) is 0.763. The third-order valence-corrected chi connectivity index (χ3v) is 4.04. The highest BCUT2D eigenvalue weighted by Crippen LogP contribution is 2.17. The Balaban J connectivity index is 1.94. The van der Waals surface area contributed by atoms with Crippen LogP contribution in [0.4, 0.5) is 0 Å². The van der Waals surface area contributed by atoms with Crippen molar-refractivity contribution in [1.82, 2.24) is 9.80 Å². The number of amides is 1. The lowest BCUT2D eigenvalue weighted by Gasteiger charge is -2.30. The summed E-state index contributed by atoms with van der Waals surface area (Å²) >= 11 is 0. The lowest BCUT2D eigenvalue weighted by atomic mass is 10.1. The molecular formula is C17H26N2O4. The maximum Gasteiger partial charge on any atom is 0.257 e. The number of aliphatic hydroxyl groups excluding tert-OH is 2. The van der Waals surface area contributed by atoms with Crippen LogP contribution in [0, 0.1) is 13.8 Å². The highest BCUT2D eigenvalue weighted by atomic mass is 16.3. The first kappa shape index (κ1) is 17.7. The van der Waals surface area contributed by atoms with Crippen LogP contribution in [0.15, 0.2) is 22.1 Å². The van der Waals surface area contributed by atoms with E-state index in [2.05, 4.69) is 11.0 Å². The average molecular weight is 322 g/mol. The van der Waals surface area contributed by atoms with Crippen LogP contribution in [0.5, 0.6) is 0 Å². The summed E-state index contributed by atoms with van der Waals surface area (Å²) in [5.74, 6) is 1.33. The molecule has 0 spiro atoms. The zero-order valence-corrected chi connectivity index (χ0v) is 14.1. The molecule has 1 amide bonds. The van der Waals surface area contributed by atoms with E-state index in [1.165, 1.54) is 0 Å². The van der Waals surface area contributed by atoms with Gasteiger partial charge in [-0.15, -0.1) is 0 Å². The fraction of sp³-hybridized carbons (Fsp3) is 0.588. The lowest BCUT2D eigenvalue weighted by molar-refractivity contribution is 0.0600. The Morgan fingerprint density at radius 2 is 2.22 bits per heavy atom. The Kier molecular flexibility index (Phi) is 5.98. The number of hydrogen-bond acceptors (Lipinski definition) is 5. The summed E-state index contributed by atoms with van der Waals surface area (Å²) in [6.45, 7) is 5.97. The zero-order valence-electron chi connectivity index (χ0n) is 14.1. The van der Waals surface area contributed by atoms with Gasteiger partial charge in [0.1, 0.15) is 11.5 Å².